The van der Waals surface area contributed by atoms with E-state index in [9.17, 15) is 18.0 Å². The Morgan fingerprint density at radius 3 is 2.58 bits per heavy atom. The molecule has 1 aromatic carbocycles. The number of hydrogen-bond acceptors (Lipinski definition) is 7. The van der Waals surface area contributed by atoms with E-state index in [1.807, 2.05) is 6.07 Å². The van der Waals surface area contributed by atoms with Crippen molar-refractivity contribution in [1.82, 2.24) is 10.2 Å². The van der Waals surface area contributed by atoms with Crippen LogP contribution in [0.4, 0.5) is 18.9 Å². The van der Waals surface area contributed by atoms with Gasteiger partial charge in [-0.05, 0) is 30.7 Å². The average Bonchev–Trinajstić information content (AvgIpc) is 2.78. The van der Waals surface area contributed by atoms with Gasteiger partial charge in [0.05, 0.1) is 18.7 Å². The number of alkyl halides is 3. The Kier molecular flexibility index (Phi) is 6.62. The summed E-state index contributed by atoms with van der Waals surface area (Å²) in [4.78, 5) is 18.0. The van der Waals surface area contributed by atoms with Crippen molar-refractivity contribution in [3.63, 3.8) is 0 Å². The van der Waals surface area contributed by atoms with Crippen LogP contribution in [0, 0.1) is 18.3 Å². The van der Waals surface area contributed by atoms with Gasteiger partial charge in [0.25, 0.3) is 11.8 Å². The molecular weight excluding hydrogens is 443 g/mol. The predicted molar refractivity (Wildman–Crippen MR) is 107 cm³/mol. The number of carbonyl (C=O) groups is 1. The first-order chi connectivity index (χ1) is 15.7. The van der Waals surface area contributed by atoms with Gasteiger partial charge in [0.15, 0.2) is 17.2 Å². The molecule has 0 unspecified atom stereocenters. The van der Waals surface area contributed by atoms with Gasteiger partial charge in [0.1, 0.15) is 18.4 Å². The van der Waals surface area contributed by atoms with Crippen LogP contribution < -0.4 is 24.4 Å². The van der Waals surface area contributed by atoms with Crippen molar-refractivity contribution in [3.8, 4) is 23.4 Å². The van der Waals surface area contributed by atoms with Gasteiger partial charge in [0, 0.05) is 16.9 Å². The molecular formula is C21H17F3N5O4+. The Morgan fingerprint density at radius 1 is 1.18 bits per heavy atom. The smallest absolute Gasteiger partial charge is 0.435 e. The molecule has 0 spiro atoms. The third-order valence-electron chi connectivity index (χ3n) is 4.42. The molecule has 0 radical (unpaired) electrons. The molecule has 33 heavy (non-hydrogen) atoms. The minimum Gasteiger partial charge on any atom is -0.493 e. The van der Waals surface area contributed by atoms with E-state index < -0.39 is 34.8 Å². The number of nitrogens with zero attached hydrogens (tertiary/aromatic N) is 4. The number of methoxy groups -OCH3 is 1. The number of nitriles is 1. The summed E-state index contributed by atoms with van der Waals surface area (Å²) >= 11 is 0. The summed E-state index contributed by atoms with van der Waals surface area (Å²) in [6.07, 6.45) is -1.87. The molecule has 0 aliphatic heterocycles. The largest absolute Gasteiger partial charge is 0.493 e. The van der Waals surface area contributed by atoms with Crippen LogP contribution in [0.25, 0.3) is 0 Å². The molecule has 0 saturated heterocycles. The summed E-state index contributed by atoms with van der Waals surface area (Å²) in [7, 11) is 2.72. The molecule has 1 N–H and O–H groups in total. The highest BCUT2D eigenvalue weighted by molar-refractivity contribution is 6.06. The lowest BCUT2D eigenvalue weighted by molar-refractivity contribution is -0.885. The van der Waals surface area contributed by atoms with Crippen molar-refractivity contribution in [3.05, 3.63) is 65.1 Å². The molecule has 2 heterocycles. The summed E-state index contributed by atoms with van der Waals surface area (Å²) in [6.45, 7) is 1.09. The summed E-state index contributed by atoms with van der Waals surface area (Å²) in [5, 5.41) is 18.3. The van der Waals surface area contributed by atoms with Crippen molar-refractivity contribution in [2.75, 3.05) is 19.5 Å². The summed E-state index contributed by atoms with van der Waals surface area (Å²) in [5.74, 6) is -1.25. The second kappa shape index (κ2) is 9.39. The second-order valence-electron chi connectivity index (χ2n) is 6.52. The predicted octanol–water partition coefficient (Wildman–Crippen LogP) is 3.07. The number of amides is 1. The standard InChI is InChI=1S/C21H16F3N5O4/c1-12-17(19(30)26-14-5-4-8-29(11-14)32-3)20(28-27-18(12)21(22,23)24)33-15-7-6-13(10-25)9-16(15)31-2/h4-9,11H,1-3H3/p+1. The van der Waals surface area contributed by atoms with Crippen molar-refractivity contribution in [1.29, 1.82) is 5.26 Å². The van der Waals surface area contributed by atoms with E-state index in [1.54, 1.807) is 12.3 Å². The lowest BCUT2D eigenvalue weighted by Crippen LogP contribution is -2.39. The van der Waals surface area contributed by atoms with Crippen LogP contribution in [0.5, 0.6) is 17.4 Å². The third kappa shape index (κ3) is 5.09. The molecule has 12 heteroatoms. The Balaban J connectivity index is 2.08. The highest BCUT2D eigenvalue weighted by Crippen LogP contribution is 2.37. The lowest BCUT2D eigenvalue weighted by atomic mass is 10.1. The van der Waals surface area contributed by atoms with Crippen molar-refractivity contribution in [2.45, 2.75) is 13.1 Å². The van der Waals surface area contributed by atoms with Crippen LogP contribution in [0.1, 0.15) is 27.2 Å². The van der Waals surface area contributed by atoms with Crippen LogP contribution in [0.2, 0.25) is 0 Å². The molecule has 0 aliphatic carbocycles. The SMILES string of the molecule is COc1cc(C#N)ccc1Oc1nnc(C(F)(F)F)c(C)c1C(=O)Nc1ccc[n+](OC)c1. The van der Waals surface area contributed by atoms with Gasteiger partial charge < -0.3 is 14.8 Å². The minimum atomic E-state index is -4.84. The molecule has 0 aliphatic rings. The van der Waals surface area contributed by atoms with E-state index in [0.29, 0.717) is 0 Å². The second-order valence-corrected chi connectivity index (χ2v) is 6.52. The zero-order chi connectivity index (χ0) is 24.2. The topological polar surface area (TPSA) is 110 Å². The molecule has 2 aromatic heterocycles. The molecule has 1 amide bonds. The average molecular weight is 460 g/mol. The van der Waals surface area contributed by atoms with Gasteiger partial charge in [0.2, 0.25) is 12.4 Å². The Labute approximate surface area is 185 Å². The summed E-state index contributed by atoms with van der Waals surface area (Å²) < 4.78 is 52.4. The van der Waals surface area contributed by atoms with Crippen LogP contribution >= 0.6 is 0 Å². The van der Waals surface area contributed by atoms with Crippen LogP contribution in [-0.2, 0) is 6.18 Å². The number of pyridine rings is 1. The van der Waals surface area contributed by atoms with E-state index in [4.69, 9.17) is 19.6 Å². The van der Waals surface area contributed by atoms with Crippen LogP contribution in [0.3, 0.4) is 0 Å². The third-order valence-corrected chi connectivity index (χ3v) is 4.42. The lowest BCUT2D eigenvalue weighted by Gasteiger charge is -2.16. The van der Waals surface area contributed by atoms with E-state index in [2.05, 4.69) is 15.5 Å². The minimum absolute atomic E-state index is 0.0240. The maximum absolute atomic E-state index is 13.4. The van der Waals surface area contributed by atoms with Crippen LogP contribution in [0.15, 0.2) is 42.7 Å². The van der Waals surface area contributed by atoms with E-state index >= 15 is 0 Å². The first kappa shape index (κ1) is 23.3. The fourth-order valence-electron chi connectivity index (χ4n) is 2.87. The zero-order valence-corrected chi connectivity index (χ0v) is 17.6. The van der Waals surface area contributed by atoms with Gasteiger partial charge in [-0.25, -0.2) is 0 Å². The fraction of sp³-hybridized carbons (Fsp3) is 0.190. The number of nitrogens with one attached hydrogen (secondary N) is 1. The van der Waals surface area contributed by atoms with Gasteiger partial charge in [-0.15, -0.1) is 10.2 Å². The van der Waals surface area contributed by atoms with E-state index in [1.165, 1.54) is 49.4 Å². The number of aromatic nitrogens is 3. The summed E-state index contributed by atoms with van der Waals surface area (Å²) in [6, 6.07) is 9.16. The van der Waals surface area contributed by atoms with Gasteiger partial charge in [-0.1, -0.05) is 0 Å². The molecule has 170 valence electrons. The van der Waals surface area contributed by atoms with Gasteiger partial charge in [-0.3, -0.25) is 9.63 Å². The molecule has 0 fully saturated rings. The first-order valence-corrected chi connectivity index (χ1v) is 9.25. The molecule has 3 aromatic rings. The van der Waals surface area contributed by atoms with Crippen molar-refractivity contribution >= 4 is 11.6 Å². The zero-order valence-electron chi connectivity index (χ0n) is 17.6. The molecule has 0 bridgehead atoms. The highest BCUT2D eigenvalue weighted by atomic mass is 19.4. The maximum atomic E-state index is 13.4. The number of hydrogen-bond donors (Lipinski definition) is 1. The van der Waals surface area contributed by atoms with Gasteiger partial charge in [-0.2, -0.15) is 18.4 Å². The molecule has 0 saturated carbocycles. The van der Waals surface area contributed by atoms with Crippen molar-refractivity contribution < 1.29 is 37.0 Å². The molecule has 3 rings (SSSR count). The van der Waals surface area contributed by atoms with Crippen LogP contribution in [-0.4, -0.2) is 30.3 Å². The first-order valence-electron chi connectivity index (χ1n) is 9.25. The molecule has 9 nitrogen and oxygen atoms in total. The molecule has 0 atom stereocenters. The summed E-state index contributed by atoms with van der Waals surface area (Å²) in [5.41, 5.74) is -1.77. The Bertz CT molecular complexity index is 1240. The number of anilines is 1. The Hall–Kier alpha value is -4.40. The maximum Gasteiger partial charge on any atom is 0.435 e. The van der Waals surface area contributed by atoms with E-state index in [-0.39, 0.29) is 22.7 Å². The number of carbonyl (C=O) groups excluding carboxylic acids is 1. The fourth-order valence-corrected chi connectivity index (χ4v) is 2.87. The van der Waals surface area contributed by atoms with E-state index in [0.717, 1.165) is 6.92 Å². The number of rotatable bonds is 6. The van der Waals surface area contributed by atoms with Crippen molar-refractivity contribution in [2.24, 2.45) is 0 Å². The monoisotopic (exact) mass is 460 g/mol. The normalized spacial score (nSPS) is 10.8. The number of benzene rings is 1. The Morgan fingerprint density at radius 2 is 1.94 bits per heavy atom. The highest BCUT2D eigenvalue weighted by Gasteiger charge is 2.38. The quantitative estimate of drug-likeness (QED) is 0.563. The number of halogens is 3. The number of ether oxygens (including phenoxy) is 2. The van der Waals surface area contributed by atoms with Gasteiger partial charge >= 0.3 is 6.18 Å².